The monoisotopic (exact) mass is 197 g/mol. The number of H-pyrrole nitrogens is 1. The zero-order valence-electron chi connectivity index (χ0n) is 8.44. The minimum Gasteiger partial charge on any atom is -0.348 e. The van der Waals surface area contributed by atoms with Gasteiger partial charge in [0.05, 0.1) is 11.0 Å². The summed E-state index contributed by atoms with van der Waals surface area (Å²) in [5.74, 6) is 2.06. The smallest absolute Gasteiger partial charge is 0.115 e. The molecule has 3 nitrogen and oxygen atoms in total. The molecule has 0 amide bonds. The first kappa shape index (κ1) is 8.29. The molecule has 3 rings (SSSR count). The number of aromatic amines is 1. The summed E-state index contributed by atoms with van der Waals surface area (Å²) < 4.78 is 2.12. The average Bonchev–Trinajstić information content (AvgIpc) is 2.82. The van der Waals surface area contributed by atoms with Gasteiger partial charge in [-0.3, -0.25) is 4.57 Å². The Balaban J connectivity index is 2.39. The number of hydrogen-bond donors (Lipinski definition) is 1. The number of fused-ring (bicyclic) bond motifs is 1. The van der Waals surface area contributed by atoms with E-state index in [1.807, 2.05) is 43.5 Å². The molecule has 1 aromatic carbocycles. The van der Waals surface area contributed by atoms with Crippen LogP contribution in [0.4, 0.5) is 0 Å². The fraction of sp³-hybridized carbons (Fsp3) is 0.0833. The fourth-order valence-corrected chi connectivity index (χ4v) is 1.91. The van der Waals surface area contributed by atoms with Gasteiger partial charge in [-0.25, -0.2) is 4.98 Å². The maximum Gasteiger partial charge on any atom is 0.115 e. The molecule has 0 radical (unpaired) electrons. The highest BCUT2D eigenvalue weighted by atomic mass is 15.1. The third-order valence-electron chi connectivity index (χ3n) is 2.55. The fourth-order valence-electron chi connectivity index (χ4n) is 1.91. The van der Waals surface area contributed by atoms with E-state index in [9.17, 15) is 0 Å². The van der Waals surface area contributed by atoms with Crippen molar-refractivity contribution in [3.05, 3.63) is 48.4 Å². The van der Waals surface area contributed by atoms with Crippen LogP contribution in [0.25, 0.3) is 16.9 Å². The zero-order valence-corrected chi connectivity index (χ0v) is 8.44. The SMILES string of the molecule is Cc1nc2ccccc2n1-c1ccc[nH]1. The second-order valence-electron chi connectivity index (χ2n) is 3.54. The van der Waals surface area contributed by atoms with Gasteiger partial charge in [0.2, 0.25) is 0 Å². The number of aromatic nitrogens is 3. The van der Waals surface area contributed by atoms with Gasteiger partial charge in [0.1, 0.15) is 11.6 Å². The molecular formula is C12H11N3. The molecule has 0 aliphatic rings. The van der Waals surface area contributed by atoms with E-state index < -0.39 is 0 Å². The van der Waals surface area contributed by atoms with Crippen molar-refractivity contribution in [3.8, 4) is 5.82 Å². The van der Waals surface area contributed by atoms with Gasteiger partial charge < -0.3 is 4.98 Å². The van der Waals surface area contributed by atoms with E-state index in [0.717, 1.165) is 22.7 Å². The van der Waals surface area contributed by atoms with Gasteiger partial charge in [-0.1, -0.05) is 12.1 Å². The van der Waals surface area contributed by atoms with Gasteiger partial charge in [0.15, 0.2) is 0 Å². The molecule has 0 unspecified atom stereocenters. The predicted molar refractivity (Wildman–Crippen MR) is 60.2 cm³/mol. The van der Waals surface area contributed by atoms with Gasteiger partial charge >= 0.3 is 0 Å². The molecule has 0 atom stereocenters. The summed E-state index contributed by atoms with van der Waals surface area (Å²) in [6, 6.07) is 12.2. The molecule has 2 aromatic heterocycles. The first-order valence-corrected chi connectivity index (χ1v) is 4.94. The van der Waals surface area contributed by atoms with Crippen molar-refractivity contribution >= 4 is 11.0 Å². The lowest BCUT2D eigenvalue weighted by Gasteiger charge is -2.02. The van der Waals surface area contributed by atoms with Crippen LogP contribution in [0.15, 0.2) is 42.6 Å². The third-order valence-corrected chi connectivity index (χ3v) is 2.55. The second-order valence-corrected chi connectivity index (χ2v) is 3.54. The number of para-hydroxylation sites is 2. The van der Waals surface area contributed by atoms with Crippen molar-refractivity contribution in [3.63, 3.8) is 0 Å². The van der Waals surface area contributed by atoms with E-state index >= 15 is 0 Å². The highest BCUT2D eigenvalue weighted by molar-refractivity contribution is 5.77. The highest BCUT2D eigenvalue weighted by Crippen LogP contribution is 2.19. The van der Waals surface area contributed by atoms with Crippen molar-refractivity contribution in [2.45, 2.75) is 6.92 Å². The number of benzene rings is 1. The molecule has 0 aliphatic heterocycles. The largest absolute Gasteiger partial charge is 0.348 e. The Bertz CT molecular complexity index is 590. The molecule has 3 heteroatoms. The van der Waals surface area contributed by atoms with Crippen LogP contribution in [-0.4, -0.2) is 14.5 Å². The summed E-state index contributed by atoms with van der Waals surface area (Å²) in [7, 11) is 0. The minimum atomic E-state index is 0.999. The van der Waals surface area contributed by atoms with Gasteiger partial charge in [-0.15, -0.1) is 0 Å². The van der Waals surface area contributed by atoms with Gasteiger partial charge in [0, 0.05) is 6.20 Å². The van der Waals surface area contributed by atoms with Crippen molar-refractivity contribution in [2.24, 2.45) is 0 Å². The molecule has 0 bridgehead atoms. The van der Waals surface area contributed by atoms with E-state index in [2.05, 4.69) is 20.6 Å². The summed E-state index contributed by atoms with van der Waals surface area (Å²) in [6.07, 6.45) is 1.92. The van der Waals surface area contributed by atoms with E-state index in [1.54, 1.807) is 0 Å². The van der Waals surface area contributed by atoms with E-state index in [0.29, 0.717) is 0 Å². The Hall–Kier alpha value is -2.03. The lowest BCUT2D eigenvalue weighted by Crippen LogP contribution is -1.96. The molecule has 2 heterocycles. The van der Waals surface area contributed by atoms with Crippen LogP contribution in [0.3, 0.4) is 0 Å². The summed E-state index contributed by atoms with van der Waals surface area (Å²) in [4.78, 5) is 7.71. The normalized spacial score (nSPS) is 11.0. The van der Waals surface area contributed by atoms with Crippen LogP contribution >= 0.6 is 0 Å². The molecule has 0 aliphatic carbocycles. The van der Waals surface area contributed by atoms with Crippen LogP contribution in [0.1, 0.15) is 5.82 Å². The number of rotatable bonds is 1. The maximum absolute atomic E-state index is 4.51. The quantitative estimate of drug-likeness (QED) is 0.639. The molecule has 0 spiro atoms. The summed E-state index contributed by atoms with van der Waals surface area (Å²) in [5, 5.41) is 0. The summed E-state index contributed by atoms with van der Waals surface area (Å²) in [6.45, 7) is 2.01. The van der Waals surface area contributed by atoms with Crippen LogP contribution in [0, 0.1) is 6.92 Å². The Morgan fingerprint density at radius 1 is 1.13 bits per heavy atom. The molecule has 0 saturated carbocycles. The maximum atomic E-state index is 4.51. The predicted octanol–water partition coefficient (Wildman–Crippen LogP) is 2.66. The Morgan fingerprint density at radius 2 is 2.00 bits per heavy atom. The van der Waals surface area contributed by atoms with Crippen LogP contribution in [0.2, 0.25) is 0 Å². The van der Waals surface area contributed by atoms with Crippen molar-refractivity contribution in [2.75, 3.05) is 0 Å². The van der Waals surface area contributed by atoms with Crippen LogP contribution in [0.5, 0.6) is 0 Å². The molecule has 74 valence electrons. The number of hydrogen-bond acceptors (Lipinski definition) is 1. The first-order valence-electron chi connectivity index (χ1n) is 4.94. The number of nitrogens with one attached hydrogen (secondary N) is 1. The number of imidazole rings is 1. The average molecular weight is 197 g/mol. The molecule has 15 heavy (non-hydrogen) atoms. The lowest BCUT2D eigenvalue weighted by atomic mass is 10.3. The second kappa shape index (κ2) is 2.98. The topological polar surface area (TPSA) is 33.6 Å². The standard InChI is InChI=1S/C12H11N3/c1-9-14-10-5-2-3-6-11(10)15(9)12-7-4-8-13-12/h2-8,13H,1H3. The molecule has 1 N–H and O–H groups in total. The number of nitrogens with zero attached hydrogens (tertiary/aromatic N) is 2. The van der Waals surface area contributed by atoms with Crippen LogP contribution in [-0.2, 0) is 0 Å². The molecule has 3 aromatic rings. The summed E-state index contributed by atoms with van der Waals surface area (Å²) in [5.41, 5.74) is 2.17. The van der Waals surface area contributed by atoms with Gasteiger partial charge in [-0.05, 0) is 31.2 Å². The first-order chi connectivity index (χ1) is 7.36. The van der Waals surface area contributed by atoms with E-state index in [4.69, 9.17) is 0 Å². The highest BCUT2D eigenvalue weighted by Gasteiger charge is 2.07. The lowest BCUT2D eigenvalue weighted by molar-refractivity contribution is 0.969. The Morgan fingerprint density at radius 3 is 2.80 bits per heavy atom. The van der Waals surface area contributed by atoms with Gasteiger partial charge in [0.25, 0.3) is 0 Å². The number of aryl methyl sites for hydroxylation is 1. The molecular weight excluding hydrogens is 186 g/mol. The van der Waals surface area contributed by atoms with Crippen molar-refractivity contribution in [1.29, 1.82) is 0 Å². The van der Waals surface area contributed by atoms with Gasteiger partial charge in [-0.2, -0.15) is 0 Å². The minimum absolute atomic E-state index is 0.999. The Labute approximate surface area is 87.4 Å². The Kier molecular flexibility index (Phi) is 1.65. The van der Waals surface area contributed by atoms with E-state index in [1.165, 1.54) is 0 Å². The third kappa shape index (κ3) is 1.16. The zero-order chi connectivity index (χ0) is 10.3. The van der Waals surface area contributed by atoms with Crippen LogP contribution < -0.4 is 0 Å². The summed E-state index contributed by atoms with van der Waals surface area (Å²) >= 11 is 0. The van der Waals surface area contributed by atoms with E-state index in [-0.39, 0.29) is 0 Å². The molecule has 0 fully saturated rings. The van der Waals surface area contributed by atoms with Crippen molar-refractivity contribution in [1.82, 2.24) is 14.5 Å². The molecule has 0 saturated heterocycles. The van der Waals surface area contributed by atoms with Crippen molar-refractivity contribution < 1.29 is 0 Å².